The van der Waals surface area contributed by atoms with Crippen molar-refractivity contribution in [2.75, 3.05) is 11.4 Å². The number of aromatic nitrogens is 4. The van der Waals surface area contributed by atoms with Gasteiger partial charge in [-0.3, -0.25) is 9.48 Å². The lowest BCUT2D eigenvalue weighted by Crippen LogP contribution is -2.35. The Kier molecular flexibility index (Phi) is 3.40. The van der Waals surface area contributed by atoms with Crippen LogP contribution in [0.3, 0.4) is 0 Å². The van der Waals surface area contributed by atoms with E-state index in [1.165, 1.54) is 0 Å². The molecule has 3 heterocycles. The Balaban J connectivity index is 1.80. The molecule has 24 heavy (non-hydrogen) atoms. The summed E-state index contributed by atoms with van der Waals surface area (Å²) in [6.07, 6.45) is 3.59. The number of H-pyrrole nitrogens is 1. The van der Waals surface area contributed by atoms with Crippen molar-refractivity contribution in [3.63, 3.8) is 0 Å². The predicted molar refractivity (Wildman–Crippen MR) is 93.5 cm³/mol. The molecule has 6 nitrogen and oxygen atoms in total. The highest BCUT2D eigenvalue weighted by Crippen LogP contribution is 2.33. The average Bonchev–Trinajstić information content (AvgIpc) is 3.15. The van der Waals surface area contributed by atoms with Crippen LogP contribution < -0.4 is 4.90 Å². The van der Waals surface area contributed by atoms with E-state index in [0.717, 1.165) is 59.7 Å². The molecule has 1 aromatic carbocycles. The number of carbonyl (C=O) groups excluding carboxylic acids is 1. The number of hydrogen-bond acceptors (Lipinski definition) is 3. The van der Waals surface area contributed by atoms with Gasteiger partial charge < -0.3 is 9.88 Å². The monoisotopic (exact) mass is 323 g/mol. The third kappa shape index (κ3) is 2.13. The van der Waals surface area contributed by atoms with Crippen LogP contribution in [0.5, 0.6) is 0 Å². The molecule has 0 atom stereocenters. The Hall–Kier alpha value is -2.63. The van der Waals surface area contributed by atoms with Gasteiger partial charge in [0.25, 0.3) is 5.91 Å². The average molecular weight is 323 g/mol. The molecule has 124 valence electrons. The number of aryl methyl sites for hydroxylation is 3. The van der Waals surface area contributed by atoms with E-state index in [2.05, 4.69) is 15.1 Å². The molecule has 0 saturated carbocycles. The Morgan fingerprint density at radius 3 is 2.92 bits per heavy atom. The molecule has 1 aliphatic rings. The van der Waals surface area contributed by atoms with E-state index in [4.69, 9.17) is 0 Å². The first kappa shape index (κ1) is 14.9. The van der Waals surface area contributed by atoms with E-state index in [1.807, 2.05) is 42.5 Å². The Morgan fingerprint density at radius 2 is 2.17 bits per heavy atom. The summed E-state index contributed by atoms with van der Waals surface area (Å²) in [6, 6.07) is 4.05. The zero-order valence-corrected chi connectivity index (χ0v) is 14.3. The molecule has 3 aromatic rings. The van der Waals surface area contributed by atoms with Crippen molar-refractivity contribution in [3.8, 4) is 0 Å². The molecule has 0 radical (unpaired) electrons. The van der Waals surface area contributed by atoms with Crippen LogP contribution in [-0.2, 0) is 13.0 Å². The lowest BCUT2D eigenvalue weighted by atomic mass is 9.99. The summed E-state index contributed by atoms with van der Waals surface area (Å²) in [5, 5.41) is 4.31. The number of hydrogen-bond donors (Lipinski definition) is 1. The van der Waals surface area contributed by atoms with Crippen LogP contribution in [0.4, 0.5) is 5.69 Å². The summed E-state index contributed by atoms with van der Waals surface area (Å²) >= 11 is 0. The van der Waals surface area contributed by atoms with Crippen molar-refractivity contribution in [3.05, 3.63) is 41.0 Å². The minimum absolute atomic E-state index is 0.0276. The molecule has 0 aliphatic carbocycles. The van der Waals surface area contributed by atoms with Crippen LogP contribution in [-0.4, -0.2) is 32.2 Å². The summed E-state index contributed by atoms with van der Waals surface area (Å²) in [7, 11) is 0. The third-order valence-electron chi connectivity index (χ3n) is 4.83. The van der Waals surface area contributed by atoms with Crippen LogP contribution >= 0.6 is 0 Å². The minimum Gasteiger partial charge on any atom is -0.342 e. The molecule has 0 bridgehead atoms. The van der Waals surface area contributed by atoms with E-state index < -0.39 is 0 Å². The first-order valence-electron chi connectivity index (χ1n) is 8.42. The number of nitrogens with one attached hydrogen (secondary N) is 1. The highest BCUT2D eigenvalue weighted by Gasteiger charge is 2.27. The van der Waals surface area contributed by atoms with Gasteiger partial charge in [-0.2, -0.15) is 5.10 Å². The molecule has 1 amide bonds. The number of anilines is 1. The summed E-state index contributed by atoms with van der Waals surface area (Å²) in [5.41, 5.74) is 5.78. The van der Waals surface area contributed by atoms with Crippen LogP contribution in [0.1, 0.15) is 40.8 Å². The number of aromatic amines is 1. The first-order chi connectivity index (χ1) is 11.6. The summed E-state index contributed by atoms with van der Waals surface area (Å²) in [6.45, 7) is 7.44. The largest absolute Gasteiger partial charge is 0.342 e. The van der Waals surface area contributed by atoms with Crippen molar-refractivity contribution in [2.45, 2.75) is 40.2 Å². The number of fused-ring (bicyclic) bond motifs is 3. The summed E-state index contributed by atoms with van der Waals surface area (Å²) < 4.78 is 1.86. The summed E-state index contributed by atoms with van der Waals surface area (Å²) in [5.74, 6) is 0.932. The van der Waals surface area contributed by atoms with Crippen molar-refractivity contribution in [2.24, 2.45) is 0 Å². The van der Waals surface area contributed by atoms with Crippen LogP contribution in [0.15, 0.2) is 18.3 Å². The fourth-order valence-electron chi connectivity index (χ4n) is 3.61. The molecule has 6 heteroatoms. The van der Waals surface area contributed by atoms with Gasteiger partial charge in [0, 0.05) is 30.0 Å². The van der Waals surface area contributed by atoms with E-state index in [1.54, 1.807) is 6.20 Å². The molecule has 0 unspecified atom stereocenters. The number of amides is 1. The van der Waals surface area contributed by atoms with Crippen molar-refractivity contribution in [1.29, 1.82) is 0 Å². The Morgan fingerprint density at radius 1 is 1.33 bits per heavy atom. The molecule has 1 N–H and O–H groups in total. The van der Waals surface area contributed by atoms with E-state index in [0.29, 0.717) is 5.56 Å². The smallest absolute Gasteiger partial charge is 0.261 e. The minimum atomic E-state index is 0.0276. The highest BCUT2D eigenvalue weighted by molar-refractivity contribution is 6.08. The molecule has 0 spiro atoms. The van der Waals surface area contributed by atoms with Crippen molar-refractivity contribution in [1.82, 2.24) is 19.7 Å². The van der Waals surface area contributed by atoms with E-state index >= 15 is 0 Å². The van der Waals surface area contributed by atoms with Gasteiger partial charge in [-0.25, -0.2) is 4.98 Å². The zero-order valence-electron chi connectivity index (χ0n) is 14.3. The topological polar surface area (TPSA) is 66.8 Å². The molecule has 1 aliphatic heterocycles. The Labute approximate surface area is 140 Å². The quantitative estimate of drug-likeness (QED) is 0.788. The lowest BCUT2D eigenvalue weighted by molar-refractivity contribution is 0.0984. The number of benzene rings is 1. The van der Waals surface area contributed by atoms with Gasteiger partial charge >= 0.3 is 0 Å². The fraction of sp³-hybridized carbons (Fsp3) is 0.389. The number of nitrogens with zero attached hydrogens (tertiary/aromatic N) is 4. The third-order valence-corrected chi connectivity index (χ3v) is 4.83. The van der Waals surface area contributed by atoms with Gasteiger partial charge in [0.1, 0.15) is 5.82 Å². The normalized spacial score (nSPS) is 14.2. The number of carbonyl (C=O) groups is 1. The van der Waals surface area contributed by atoms with E-state index in [9.17, 15) is 4.79 Å². The maximum Gasteiger partial charge on any atom is 0.261 e. The Bertz CT molecular complexity index is 936. The second kappa shape index (κ2) is 5.47. The van der Waals surface area contributed by atoms with Gasteiger partial charge in [0.15, 0.2) is 0 Å². The number of rotatable bonds is 2. The van der Waals surface area contributed by atoms with Crippen molar-refractivity contribution < 1.29 is 4.79 Å². The van der Waals surface area contributed by atoms with Gasteiger partial charge in [-0.05, 0) is 45.7 Å². The van der Waals surface area contributed by atoms with Gasteiger partial charge in [0.05, 0.1) is 22.8 Å². The van der Waals surface area contributed by atoms with Gasteiger partial charge in [-0.1, -0.05) is 0 Å². The molecular formula is C18H21N5O. The maximum absolute atomic E-state index is 13.1. The standard InChI is InChI=1S/C18H21N5O/c1-4-23-11(2)14(10-19-23)18(24)22-9-5-6-13-16(22)8-7-15-17(13)21-12(3)20-15/h7-8,10H,4-6,9H2,1-3H3,(H,20,21). The van der Waals surface area contributed by atoms with Gasteiger partial charge in [0.2, 0.25) is 0 Å². The summed E-state index contributed by atoms with van der Waals surface area (Å²) in [4.78, 5) is 22.9. The zero-order chi connectivity index (χ0) is 16.8. The molecule has 0 fully saturated rings. The second-order valence-electron chi connectivity index (χ2n) is 6.30. The van der Waals surface area contributed by atoms with Crippen LogP contribution in [0.2, 0.25) is 0 Å². The molecular weight excluding hydrogens is 302 g/mol. The maximum atomic E-state index is 13.1. The lowest BCUT2D eigenvalue weighted by Gasteiger charge is -2.29. The van der Waals surface area contributed by atoms with Crippen molar-refractivity contribution >= 4 is 22.6 Å². The van der Waals surface area contributed by atoms with Crippen LogP contribution in [0.25, 0.3) is 11.0 Å². The van der Waals surface area contributed by atoms with E-state index in [-0.39, 0.29) is 5.91 Å². The highest BCUT2D eigenvalue weighted by atomic mass is 16.2. The first-order valence-corrected chi connectivity index (χ1v) is 8.42. The molecule has 2 aromatic heterocycles. The predicted octanol–water partition coefficient (Wildman–Crippen LogP) is 2.99. The van der Waals surface area contributed by atoms with Crippen LogP contribution in [0, 0.1) is 13.8 Å². The second-order valence-corrected chi connectivity index (χ2v) is 6.30. The molecule has 4 rings (SSSR count). The van der Waals surface area contributed by atoms with Gasteiger partial charge in [-0.15, -0.1) is 0 Å². The fourth-order valence-corrected chi connectivity index (χ4v) is 3.61. The number of imidazole rings is 1. The molecule has 0 saturated heterocycles. The SMILES string of the molecule is CCn1ncc(C(=O)N2CCCc3c2ccc2[nH]c(C)nc32)c1C.